The molecule has 0 aliphatic carbocycles. The van der Waals surface area contributed by atoms with Crippen LogP contribution in [0.1, 0.15) is 36.5 Å². The van der Waals surface area contributed by atoms with Gasteiger partial charge in [-0.15, -0.1) is 0 Å². The fourth-order valence-corrected chi connectivity index (χ4v) is 2.17. The zero-order chi connectivity index (χ0) is 13.8. The predicted octanol–water partition coefficient (Wildman–Crippen LogP) is 3.28. The first kappa shape index (κ1) is 13.7. The molecule has 3 N–H and O–H groups in total. The quantitative estimate of drug-likeness (QED) is 0.582. The number of aromatic nitrogens is 2. The van der Waals surface area contributed by atoms with Crippen LogP contribution in [-0.4, -0.2) is 22.4 Å². The van der Waals surface area contributed by atoms with Crippen LogP contribution >= 0.6 is 12.2 Å². The number of fused-ring (bicyclic) bond motifs is 1. The number of amides is 1. The first-order valence-electron chi connectivity index (χ1n) is 6.31. The highest BCUT2D eigenvalue weighted by Crippen LogP contribution is 2.17. The average Bonchev–Trinajstić information content (AvgIpc) is 2.73. The Kier molecular flexibility index (Phi) is 4.31. The summed E-state index contributed by atoms with van der Waals surface area (Å²) in [4.78, 5) is 17.7. The number of halogens is 1. The van der Waals surface area contributed by atoms with Crippen molar-refractivity contribution in [2.45, 2.75) is 26.2 Å². The molecule has 1 heterocycles. The van der Waals surface area contributed by atoms with Crippen LogP contribution in [0.25, 0.3) is 11.0 Å². The smallest absolute Gasteiger partial charge is 0.253 e. The van der Waals surface area contributed by atoms with Crippen molar-refractivity contribution in [1.82, 2.24) is 15.3 Å². The maximum Gasteiger partial charge on any atom is 0.253 e. The first-order valence-corrected chi connectivity index (χ1v) is 6.72. The van der Waals surface area contributed by atoms with Crippen molar-refractivity contribution in [3.05, 3.63) is 28.3 Å². The number of H-pyrrole nitrogens is 2. The van der Waals surface area contributed by atoms with Gasteiger partial charge in [0, 0.05) is 6.54 Å². The Morgan fingerprint density at radius 3 is 2.89 bits per heavy atom. The van der Waals surface area contributed by atoms with Gasteiger partial charge in [-0.25, -0.2) is 4.39 Å². The van der Waals surface area contributed by atoms with Crippen molar-refractivity contribution in [3.63, 3.8) is 0 Å². The van der Waals surface area contributed by atoms with Gasteiger partial charge in [-0.05, 0) is 30.8 Å². The van der Waals surface area contributed by atoms with Gasteiger partial charge in [0.1, 0.15) is 5.82 Å². The topological polar surface area (TPSA) is 60.7 Å². The summed E-state index contributed by atoms with van der Waals surface area (Å²) in [5.41, 5.74) is 1.32. The number of imidazole rings is 1. The molecule has 0 saturated carbocycles. The number of benzene rings is 1. The number of hydrogen-bond donors (Lipinski definition) is 3. The van der Waals surface area contributed by atoms with Crippen molar-refractivity contribution in [2.75, 3.05) is 6.54 Å². The van der Waals surface area contributed by atoms with E-state index in [9.17, 15) is 9.18 Å². The highest BCUT2D eigenvalue weighted by Gasteiger charge is 2.13. The Morgan fingerprint density at radius 2 is 2.16 bits per heavy atom. The number of nitrogens with one attached hydrogen (secondary N) is 3. The third-order valence-electron chi connectivity index (χ3n) is 2.90. The van der Waals surface area contributed by atoms with Crippen LogP contribution in [0, 0.1) is 10.6 Å². The molecular weight excluding hydrogens is 265 g/mol. The van der Waals surface area contributed by atoms with Gasteiger partial charge < -0.3 is 15.3 Å². The fraction of sp³-hybridized carbons (Fsp3) is 0.385. The van der Waals surface area contributed by atoms with Crippen molar-refractivity contribution in [1.29, 1.82) is 0 Å². The monoisotopic (exact) mass is 281 g/mol. The molecular formula is C13H16FN3OS. The second-order valence-electron chi connectivity index (χ2n) is 4.42. The fourth-order valence-electron chi connectivity index (χ4n) is 1.96. The molecule has 6 heteroatoms. The molecule has 1 amide bonds. The molecule has 1 aromatic heterocycles. The summed E-state index contributed by atoms with van der Waals surface area (Å²) in [7, 11) is 0. The number of carbonyl (C=O) groups is 1. The number of aromatic amines is 2. The summed E-state index contributed by atoms with van der Waals surface area (Å²) >= 11 is 4.96. The standard InChI is InChI=1S/C13H16FN3OS/c1-2-3-4-5-15-12(18)9-6-8(14)7-10-11(9)17-13(19)16-10/h6-7H,2-5H2,1H3,(H,15,18)(H2,16,17,19). The van der Waals surface area contributed by atoms with Crippen LogP contribution in [0.5, 0.6) is 0 Å². The third-order valence-corrected chi connectivity index (χ3v) is 3.10. The normalized spacial score (nSPS) is 10.8. The second kappa shape index (κ2) is 5.97. The van der Waals surface area contributed by atoms with E-state index in [1.54, 1.807) is 0 Å². The Bertz CT molecular complexity index is 647. The van der Waals surface area contributed by atoms with E-state index < -0.39 is 5.82 Å². The Morgan fingerprint density at radius 1 is 1.37 bits per heavy atom. The average molecular weight is 281 g/mol. The van der Waals surface area contributed by atoms with E-state index in [-0.39, 0.29) is 11.5 Å². The van der Waals surface area contributed by atoms with Crippen molar-refractivity contribution in [2.24, 2.45) is 0 Å². The van der Waals surface area contributed by atoms with E-state index in [4.69, 9.17) is 12.2 Å². The molecule has 1 aromatic carbocycles. The number of rotatable bonds is 5. The van der Waals surface area contributed by atoms with Crippen LogP contribution in [-0.2, 0) is 0 Å². The molecule has 0 atom stereocenters. The SMILES string of the molecule is CCCCCNC(=O)c1cc(F)cc2[nH]c(=S)[nH]c12. The van der Waals surface area contributed by atoms with Gasteiger partial charge in [-0.2, -0.15) is 0 Å². The first-order chi connectivity index (χ1) is 9.11. The van der Waals surface area contributed by atoms with Crippen LogP contribution in [0.15, 0.2) is 12.1 Å². The molecule has 102 valence electrons. The van der Waals surface area contributed by atoms with Crippen LogP contribution in [0.3, 0.4) is 0 Å². The number of carbonyl (C=O) groups excluding carboxylic acids is 1. The summed E-state index contributed by atoms with van der Waals surface area (Å²) in [6.07, 6.45) is 3.07. The number of unbranched alkanes of at least 4 members (excludes halogenated alkanes) is 2. The zero-order valence-electron chi connectivity index (χ0n) is 10.7. The van der Waals surface area contributed by atoms with E-state index in [1.165, 1.54) is 12.1 Å². The Balaban J connectivity index is 2.23. The maximum atomic E-state index is 13.5. The number of hydrogen-bond acceptors (Lipinski definition) is 2. The largest absolute Gasteiger partial charge is 0.352 e. The summed E-state index contributed by atoms with van der Waals surface area (Å²) in [5, 5.41) is 2.79. The molecule has 0 radical (unpaired) electrons. The van der Waals surface area contributed by atoms with Gasteiger partial charge in [-0.3, -0.25) is 4.79 Å². The summed E-state index contributed by atoms with van der Waals surface area (Å²) < 4.78 is 13.8. The Hall–Kier alpha value is -1.69. The summed E-state index contributed by atoms with van der Waals surface area (Å²) in [6, 6.07) is 2.53. The second-order valence-corrected chi connectivity index (χ2v) is 4.83. The molecule has 0 aliphatic heterocycles. The van der Waals surface area contributed by atoms with Gasteiger partial charge >= 0.3 is 0 Å². The van der Waals surface area contributed by atoms with Gasteiger partial charge in [0.2, 0.25) is 0 Å². The molecule has 0 saturated heterocycles. The van der Waals surface area contributed by atoms with E-state index in [1.807, 2.05) is 0 Å². The lowest BCUT2D eigenvalue weighted by Gasteiger charge is -2.06. The lowest BCUT2D eigenvalue weighted by Crippen LogP contribution is -2.24. The molecule has 0 aliphatic rings. The van der Waals surface area contributed by atoms with E-state index >= 15 is 0 Å². The van der Waals surface area contributed by atoms with Gasteiger partial charge in [-0.1, -0.05) is 19.8 Å². The van der Waals surface area contributed by atoms with E-state index in [0.29, 0.717) is 22.3 Å². The molecule has 0 fully saturated rings. The minimum Gasteiger partial charge on any atom is -0.352 e. The molecule has 0 unspecified atom stereocenters. The summed E-state index contributed by atoms with van der Waals surface area (Å²) in [5.74, 6) is -0.748. The summed E-state index contributed by atoms with van der Waals surface area (Å²) in [6.45, 7) is 2.69. The molecule has 4 nitrogen and oxygen atoms in total. The van der Waals surface area contributed by atoms with Crippen LogP contribution in [0.4, 0.5) is 4.39 Å². The van der Waals surface area contributed by atoms with Crippen molar-refractivity contribution >= 4 is 29.2 Å². The van der Waals surface area contributed by atoms with Gasteiger partial charge in [0.05, 0.1) is 16.6 Å². The minimum absolute atomic E-state index is 0.277. The van der Waals surface area contributed by atoms with Crippen molar-refractivity contribution in [3.8, 4) is 0 Å². The third kappa shape index (κ3) is 3.20. The molecule has 0 bridgehead atoms. The zero-order valence-corrected chi connectivity index (χ0v) is 11.5. The molecule has 2 aromatic rings. The van der Waals surface area contributed by atoms with Gasteiger partial charge in [0.25, 0.3) is 5.91 Å². The molecule has 19 heavy (non-hydrogen) atoms. The van der Waals surface area contributed by atoms with Crippen molar-refractivity contribution < 1.29 is 9.18 Å². The van der Waals surface area contributed by atoms with Crippen LogP contribution in [0.2, 0.25) is 0 Å². The van der Waals surface area contributed by atoms with Gasteiger partial charge in [0.15, 0.2) is 4.77 Å². The minimum atomic E-state index is -0.462. The van der Waals surface area contributed by atoms with E-state index in [0.717, 1.165) is 19.3 Å². The van der Waals surface area contributed by atoms with Crippen LogP contribution < -0.4 is 5.32 Å². The molecule has 2 rings (SSSR count). The maximum absolute atomic E-state index is 13.5. The lowest BCUT2D eigenvalue weighted by atomic mass is 10.1. The lowest BCUT2D eigenvalue weighted by molar-refractivity contribution is 0.0954. The molecule has 0 spiro atoms. The predicted molar refractivity (Wildman–Crippen MR) is 75.3 cm³/mol. The highest BCUT2D eigenvalue weighted by atomic mass is 32.1. The highest BCUT2D eigenvalue weighted by molar-refractivity contribution is 7.71. The Labute approximate surface area is 115 Å². The van der Waals surface area contributed by atoms with E-state index in [2.05, 4.69) is 22.2 Å².